The van der Waals surface area contributed by atoms with E-state index in [1.165, 1.54) is 0 Å². The predicted molar refractivity (Wildman–Crippen MR) is 59.7 cm³/mol. The lowest BCUT2D eigenvalue weighted by Crippen LogP contribution is -1.90. The molecule has 0 saturated carbocycles. The van der Waals surface area contributed by atoms with Crippen molar-refractivity contribution >= 4 is 5.69 Å². The summed E-state index contributed by atoms with van der Waals surface area (Å²) in [6.07, 6.45) is 1.78. The van der Waals surface area contributed by atoms with Crippen molar-refractivity contribution in [2.45, 2.75) is 6.92 Å². The SMILES string of the molecule is COc1cc(N)cc(-c2ncc(C)[nH]2)c1. The van der Waals surface area contributed by atoms with Crippen LogP contribution < -0.4 is 10.5 Å². The largest absolute Gasteiger partial charge is 0.497 e. The van der Waals surface area contributed by atoms with Gasteiger partial charge in [0.25, 0.3) is 0 Å². The fourth-order valence-electron chi connectivity index (χ4n) is 1.44. The number of aryl methyl sites for hydroxylation is 1. The average molecular weight is 203 g/mol. The van der Waals surface area contributed by atoms with Crippen LogP contribution in [0.4, 0.5) is 5.69 Å². The Hall–Kier alpha value is -1.97. The summed E-state index contributed by atoms with van der Waals surface area (Å²) in [7, 11) is 1.62. The first-order valence-electron chi connectivity index (χ1n) is 4.65. The van der Waals surface area contributed by atoms with Gasteiger partial charge in [0.15, 0.2) is 0 Å². The minimum Gasteiger partial charge on any atom is -0.497 e. The molecule has 2 aromatic rings. The molecule has 0 unspecified atom stereocenters. The first kappa shape index (κ1) is 9.58. The average Bonchev–Trinajstić information content (AvgIpc) is 2.64. The molecule has 1 aromatic carbocycles. The van der Waals surface area contributed by atoms with Gasteiger partial charge in [-0.05, 0) is 19.1 Å². The summed E-state index contributed by atoms with van der Waals surface area (Å²) >= 11 is 0. The van der Waals surface area contributed by atoms with Crippen LogP contribution in [-0.4, -0.2) is 17.1 Å². The third-order valence-corrected chi connectivity index (χ3v) is 2.14. The van der Waals surface area contributed by atoms with E-state index in [1.807, 2.05) is 19.1 Å². The molecule has 0 aliphatic heterocycles. The Kier molecular flexibility index (Phi) is 2.33. The highest BCUT2D eigenvalue weighted by atomic mass is 16.5. The van der Waals surface area contributed by atoms with E-state index in [0.717, 1.165) is 22.8 Å². The van der Waals surface area contributed by atoms with Crippen molar-refractivity contribution in [1.82, 2.24) is 9.97 Å². The van der Waals surface area contributed by atoms with E-state index >= 15 is 0 Å². The van der Waals surface area contributed by atoms with Gasteiger partial charge in [-0.25, -0.2) is 4.98 Å². The summed E-state index contributed by atoms with van der Waals surface area (Å²) in [5.74, 6) is 1.54. The van der Waals surface area contributed by atoms with E-state index in [2.05, 4.69) is 9.97 Å². The number of benzene rings is 1. The zero-order valence-electron chi connectivity index (χ0n) is 8.74. The highest BCUT2D eigenvalue weighted by Crippen LogP contribution is 2.25. The fourth-order valence-corrected chi connectivity index (χ4v) is 1.44. The van der Waals surface area contributed by atoms with Crippen LogP contribution in [0.15, 0.2) is 24.4 Å². The molecule has 0 aliphatic rings. The van der Waals surface area contributed by atoms with Crippen molar-refractivity contribution in [1.29, 1.82) is 0 Å². The number of hydrogen-bond donors (Lipinski definition) is 2. The number of aromatic nitrogens is 2. The van der Waals surface area contributed by atoms with Crippen molar-refractivity contribution in [3.63, 3.8) is 0 Å². The summed E-state index contributed by atoms with van der Waals surface area (Å²) in [6.45, 7) is 1.96. The molecule has 0 atom stereocenters. The number of rotatable bonds is 2. The van der Waals surface area contributed by atoms with Gasteiger partial charge in [-0.1, -0.05) is 0 Å². The Balaban J connectivity index is 2.48. The van der Waals surface area contributed by atoms with Crippen LogP contribution in [0.3, 0.4) is 0 Å². The van der Waals surface area contributed by atoms with Crippen LogP contribution in [0.5, 0.6) is 5.75 Å². The van der Waals surface area contributed by atoms with Crippen molar-refractivity contribution in [2.24, 2.45) is 0 Å². The monoisotopic (exact) mass is 203 g/mol. The number of nitrogens with one attached hydrogen (secondary N) is 1. The van der Waals surface area contributed by atoms with Gasteiger partial charge in [-0.2, -0.15) is 0 Å². The number of ether oxygens (including phenoxy) is 1. The van der Waals surface area contributed by atoms with Crippen LogP contribution in [0, 0.1) is 6.92 Å². The second-order valence-electron chi connectivity index (χ2n) is 3.41. The van der Waals surface area contributed by atoms with Gasteiger partial charge in [0.05, 0.1) is 7.11 Å². The number of nitrogen functional groups attached to an aromatic ring is 1. The molecule has 0 amide bonds. The molecular weight excluding hydrogens is 190 g/mol. The summed E-state index contributed by atoms with van der Waals surface area (Å²) in [4.78, 5) is 7.38. The molecule has 0 spiro atoms. The molecule has 0 aliphatic carbocycles. The lowest BCUT2D eigenvalue weighted by molar-refractivity contribution is 0.415. The Labute approximate surface area is 88.1 Å². The molecule has 2 rings (SSSR count). The highest BCUT2D eigenvalue weighted by Gasteiger charge is 2.04. The smallest absolute Gasteiger partial charge is 0.137 e. The third-order valence-electron chi connectivity index (χ3n) is 2.14. The molecule has 1 aromatic heterocycles. The van der Waals surface area contributed by atoms with Gasteiger partial charge in [-0.15, -0.1) is 0 Å². The molecular formula is C11H13N3O. The molecule has 15 heavy (non-hydrogen) atoms. The number of nitrogens with two attached hydrogens (primary N) is 1. The Morgan fingerprint density at radius 2 is 2.13 bits per heavy atom. The minimum absolute atomic E-state index is 0.665. The van der Waals surface area contributed by atoms with E-state index in [4.69, 9.17) is 10.5 Å². The van der Waals surface area contributed by atoms with Crippen LogP contribution in [0.25, 0.3) is 11.4 Å². The van der Waals surface area contributed by atoms with E-state index in [0.29, 0.717) is 5.69 Å². The zero-order chi connectivity index (χ0) is 10.8. The number of hydrogen-bond acceptors (Lipinski definition) is 3. The van der Waals surface area contributed by atoms with E-state index in [-0.39, 0.29) is 0 Å². The number of aromatic amines is 1. The molecule has 4 nitrogen and oxygen atoms in total. The third kappa shape index (κ3) is 1.93. The van der Waals surface area contributed by atoms with E-state index < -0.39 is 0 Å². The van der Waals surface area contributed by atoms with Gasteiger partial charge in [0.1, 0.15) is 11.6 Å². The quantitative estimate of drug-likeness (QED) is 0.733. The van der Waals surface area contributed by atoms with Crippen molar-refractivity contribution < 1.29 is 4.74 Å². The standard InChI is InChI=1S/C11H13N3O/c1-7-6-13-11(14-7)8-3-9(12)5-10(4-8)15-2/h3-6H,12H2,1-2H3,(H,13,14). The Bertz CT molecular complexity index is 476. The van der Waals surface area contributed by atoms with Crippen LogP contribution in [0.1, 0.15) is 5.69 Å². The van der Waals surface area contributed by atoms with Crippen LogP contribution in [-0.2, 0) is 0 Å². The van der Waals surface area contributed by atoms with Crippen molar-refractivity contribution in [3.05, 3.63) is 30.1 Å². The molecule has 0 saturated heterocycles. The lowest BCUT2D eigenvalue weighted by atomic mass is 10.2. The normalized spacial score (nSPS) is 10.3. The number of anilines is 1. The number of methoxy groups -OCH3 is 1. The molecule has 3 N–H and O–H groups in total. The van der Waals surface area contributed by atoms with Gasteiger partial charge in [0, 0.05) is 29.2 Å². The van der Waals surface area contributed by atoms with Gasteiger partial charge in [-0.3, -0.25) is 0 Å². The fraction of sp³-hybridized carbons (Fsp3) is 0.182. The first-order chi connectivity index (χ1) is 7.19. The predicted octanol–water partition coefficient (Wildman–Crippen LogP) is 1.98. The van der Waals surface area contributed by atoms with Crippen molar-refractivity contribution in [2.75, 3.05) is 12.8 Å². The second kappa shape index (κ2) is 3.65. The summed E-state index contributed by atoms with van der Waals surface area (Å²) < 4.78 is 5.14. The Morgan fingerprint density at radius 1 is 1.33 bits per heavy atom. The van der Waals surface area contributed by atoms with E-state index in [9.17, 15) is 0 Å². The maximum absolute atomic E-state index is 5.76. The maximum atomic E-state index is 5.76. The number of H-pyrrole nitrogens is 1. The van der Waals surface area contributed by atoms with Gasteiger partial charge in [0.2, 0.25) is 0 Å². The van der Waals surface area contributed by atoms with Gasteiger partial charge < -0.3 is 15.5 Å². The molecule has 0 bridgehead atoms. The van der Waals surface area contributed by atoms with Crippen LogP contribution in [0.2, 0.25) is 0 Å². The minimum atomic E-state index is 0.665. The Morgan fingerprint density at radius 3 is 2.73 bits per heavy atom. The van der Waals surface area contributed by atoms with E-state index in [1.54, 1.807) is 19.4 Å². The maximum Gasteiger partial charge on any atom is 0.137 e. The highest BCUT2D eigenvalue weighted by molar-refractivity contribution is 5.64. The second-order valence-corrected chi connectivity index (χ2v) is 3.41. The zero-order valence-corrected chi connectivity index (χ0v) is 8.74. The molecule has 0 fully saturated rings. The molecule has 0 radical (unpaired) electrons. The first-order valence-corrected chi connectivity index (χ1v) is 4.65. The summed E-state index contributed by atoms with van der Waals surface area (Å²) in [6, 6.07) is 5.54. The summed E-state index contributed by atoms with van der Waals surface area (Å²) in [5.41, 5.74) is 8.37. The molecule has 78 valence electrons. The molecule has 4 heteroatoms. The summed E-state index contributed by atoms with van der Waals surface area (Å²) in [5, 5.41) is 0. The van der Waals surface area contributed by atoms with Crippen molar-refractivity contribution in [3.8, 4) is 17.1 Å². The lowest BCUT2D eigenvalue weighted by Gasteiger charge is -2.04. The van der Waals surface area contributed by atoms with Crippen LogP contribution >= 0.6 is 0 Å². The topological polar surface area (TPSA) is 63.9 Å². The number of imidazole rings is 1. The number of nitrogens with zero attached hydrogens (tertiary/aromatic N) is 1. The molecule has 1 heterocycles. The van der Waals surface area contributed by atoms with Gasteiger partial charge >= 0.3 is 0 Å².